The molecule has 0 radical (unpaired) electrons. The van der Waals surface area contributed by atoms with E-state index in [1.807, 2.05) is 84.9 Å². The lowest BCUT2D eigenvalue weighted by Gasteiger charge is -2.47. The Morgan fingerprint density at radius 3 is 1.86 bits per heavy atom. The van der Waals surface area contributed by atoms with Gasteiger partial charge in [-0.05, 0) is 62.8 Å². The average molecular weight is 1090 g/mol. The Kier molecular flexibility index (Phi) is 15.0. The van der Waals surface area contributed by atoms with E-state index in [0.717, 1.165) is 47.6 Å². The van der Waals surface area contributed by atoms with E-state index in [9.17, 15) is 24.0 Å². The van der Waals surface area contributed by atoms with Gasteiger partial charge in [0.25, 0.3) is 20.1 Å². The number of aromatic nitrogens is 2. The number of carbonyl (C=O) groups excluding carboxylic acids is 6. The fraction of sp³-hybridized carbons (Fsp3) is 0.279. The number of nitrogens with zero attached hydrogens (tertiary/aromatic N) is 1. The summed E-state index contributed by atoms with van der Waals surface area (Å²) in [5.74, 6) is -3.56. The van der Waals surface area contributed by atoms with E-state index in [2.05, 4.69) is 60.3 Å². The van der Waals surface area contributed by atoms with Gasteiger partial charge in [0.15, 0.2) is 12.2 Å². The zero-order chi connectivity index (χ0) is 55.8. The Labute approximate surface area is 456 Å². The molecule has 2 aliphatic heterocycles. The number of carbonyl (C=O) groups is 6. The molecule has 0 bridgehead atoms. The van der Waals surface area contributed by atoms with Crippen molar-refractivity contribution in [2.24, 2.45) is 0 Å². The smallest absolute Gasteiger partial charge is 0.303 e. The van der Waals surface area contributed by atoms with Crippen LogP contribution < -0.4 is 25.3 Å². The highest BCUT2D eigenvalue weighted by Crippen LogP contribution is 2.45. The van der Waals surface area contributed by atoms with Gasteiger partial charge >= 0.3 is 23.9 Å². The van der Waals surface area contributed by atoms with Crippen LogP contribution in [0.25, 0.3) is 32.6 Å². The van der Waals surface area contributed by atoms with Gasteiger partial charge in [-0.2, -0.15) is 0 Å². The van der Waals surface area contributed by atoms with Crippen molar-refractivity contribution in [3.63, 3.8) is 0 Å². The van der Waals surface area contributed by atoms with Gasteiger partial charge in [0.05, 0.1) is 18.3 Å². The number of fused-ring (bicyclic) bond motifs is 5. The number of anilines is 2. The highest BCUT2D eigenvalue weighted by atomic mass is 28.4. The second-order valence-electron chi connectivity index (χ2n) is 20.8. The molecule has 1 fully saturated rings. The predicted octanol–water partition coefficient (Wildman–Crippen LogP) is 8.66. The Morgan fingerprint density at radius 2 is 1.22 bits per heavy atom. The van der Waals surface area contributed by atoms with Crippen molar-refractivity contribution in [1.82, 2.24) is 9.97 Å². The van der Waals surface area contributed by atoms with E-state index in [1.54, 1.807) is 41.3 Å². The van der Waals surface area contributed by atoms with E-state index < -0.39 is 86.6 Å². The van der Waals surface area contributed by atoms with Gasteiger partial charge in [0.2, 0.25) is 12.4 Å². The summed E-state index contributed by atoms with van der Waals surface area (Å²) in [7, 11) is -3.23. The number of ether oxygens (including phenoxy) is 6. The molecular formula is C61H60N4O13Si. The maximum absolute atomic E-state index is 15.7. The lowest BCUT2D eigenvalue weighted by molar-refractivity contribution is -0.288. The van der Waals surface area contributed by atoms with E-state index in [0.29, 0.717) is 45.2 Å². The Morgan fingerprint density at radius 1 is 0.633 bits per heavy atom. The van der Waals surface area contributed by atoms with Crippen molar-refractivity contribution >= 4 is 98.3 Å². The van der Waals surface area contributed by atoms with Crippen molar-refractivity contribution in [1.29, 1.82) is 0 Å². The third-order valence-electron chi connectivity index (χ3n) is 14.3. The molecule has 2 aromatic heterocycles. The summed E-state index contributed by atoms with van der Waals surface area (Å²) < 4.78 is 43.6. The molecule has 6 aromatic carbocycles. The lowest BCUT2D eigenvalue weighted by atomic mass is 9.92. The monoisotopic (exact) mass is 1080 g/mol. The molecule has 17 nitrogen and oxygen atoms in total. The minimum atomic E-state index is -3.23. The highest BCUT2D eigenvalue weighted by Gasteiger charge is 2.55. The summed E-state index contributed by atoms with van der Waals surface area (Å²) in [6.45, 7) is 10.9. The molecule has 406 valence electrons. The maximum Gasteiger partial charge on any atom is 0.303 e. The summed E-state index contributed by atoms with van der Waals surface area (Å²) in [6, 6.07) is 46.3. The molecule has 3 N–H and O–H groups in total. The van der Waals surface area contributed by atoms with Crippen LogP contribution in [0.5, 0.6) is 5.75 Å². The first-order valence-corrected chi connectivity index (χ1v) is 27.9. The topological polar surface area (TPSA) is 214 Å². The van der Waals surface area contributed by atoms with Crippen LogP contribution in [0, 0.1) is 0 Å². The van der Waals surface area contributed by atoms with Crippen LogP contribution in [0.3, 0.4) is 0 Å². The number of rotatable bonds is 14. The molecule has 2 amide bonds. The first-order valence-electron chi connectivity index (χ1n) is 26.0. The molecule has 0 saturated carbocycles. The quantitative estimate of drug-likeness (QED) is 0.0529. The van der Waals surface area contributed by atoms with Crippen LogP contribution in [0.1, 0.15) is 75.0 Å². The number of hydrogen-bond donors (Lipinski definition) is 3. The number of hydrogen-bond acceptors (Lipinski definition) is 13. The van der Waals surface area contributed by atoms with Crippen LogP contribution in [0.15, 0.2) is 146 Å². The molecule has 4 heterocycles. The van der Waals surface area contributed by atoms with E-state index in [-0.39, 0.29) is 23.9 Å². The van der Waals surface area contributed by atoms with Crippen LogP contribution in [-0.4, -0.2) is 104 Å². The van der Waals surface area contributed by atoms with Crippen molar-refractivity contribution in [3.8, 4) is 5.75 Å². The number of benzene rings is 6. The number of esters is 4. The highest BCUT2D eigenvalue weighted by molar-refractivity contribution is 6.99. The molecular weight excluding hydrogens is 1020 g/mol. The van der Waals surface area contributed by atoms with Crippen LogP contribution in [-0.2, 0) is 53.7 Å². The molecule has 79 heavy (non-hydrogen) atoms. The molecule has 3 unspecified atom stereocenters. The Hall–Kier alpha value is -8.58. The SMILES string of the molecule is CC(=O)OCC1O[C@@H](Oc2cc3c(c4ccccc24)CC(O[Si](c2ccccc2)(c2ccccc2)C(C)(C)C)CN3C(=O)c2cc3cc(NC(=O)c4cc5ccccc5[nH]4)ccc3[nH]2)C(OC(C)=O)[C@@H](OC(C)=O)[C@H]1OC(C)=O. The molecule has 18 heteroatoms. The van der Waals surface area contributed by atoms with E-state index in [1.165, 1.54) is 6.92 Å². The van der Waals surface area contributed by atoms with Crippen molar-refractivity contribution in [2.45, 2.75) is 96.7 Å². The number of aromatic amines is 2. The molecule has 2 aliphatic rings. The fourth-order valence-corrected chi connectivity index (χ4v) is 15.7. The van der Waals surface area contributed by atoms with Gasteiger partial charge in [-0.1, -0.05) is 124 Å². The second kappa shape index (κ2) is 22.0. The van der Waals surface area contributed by atoms with Crippen molar-refractivity contribution in [2.75, 3.05) is 23.4 Å². The number of nitrogens with one attached hydrogen (secondary N) is 3. The predicted molar refractivity (Wildman–Crippen MR) is 299 cm³/mol. The molecule has 10 rings (SSSR count). The number of amides is 2. The summed E-state index contributed by atoms with van der Waals surface area (Å²) in [4.78, 5) is 87.7. The third-order valence-corrected chi connectivity index (χ3v) is 19.4. The molecule has 8 aromatic rings. The normalized spacial score (nSPS) is 19.3. The molecule has 0 spiro atoms. The van der Waals surface area contributed by atoms with Gasteiger partial charge in [0, 0.05) is 73.1 Å². The van der Waals surface area contributed by atoms with E-state index in [4.69, 9.17) is 32.8 Å². The molecule has 0 aliphatic carbocycles. The van der Waals surface area contributed by atoms with Gasteiger partial charge in [-0.15, -0.1) is 0 Å². The second-order valence-corrected chi connectivity index (χ2v) is 25.1. The standard InChI is InChI=1S/C61H60N4O13Si/c1-35(66)72-34-54-55(73-36(2)67)56(74-37(3)68)57(75-38(4)69)60(77-54)76-53-32-52-47(45-23-15-16-24-46(45)53)31-42(78-79(61(5,6)7,43-19-10-8-11-20-43)44-21-12-9-13-22-44)33-65(52)59(71)51-30-40-28-41(26-27-49(40)64-51)62-58(70)50-29-39-18-14-17-25-48(39)63-50/h8-30,32,42,54-57,60,63-64H,31,33-34H2,1-7H3,(H,62,70)/t42?,54?,55-,56-,57?,60+/m0/s1. The summed E-state index contributed by atoms with van der Waals surface area (Å²) >= 11 is 0. The zero-order valence-corrected chi connectivity index (χ0v) is 45.7. The minimum absolute atomic E-state index is 0.0916. The van der Waals surface area contributed by atoms with Crippen LogP contribution >= 0.6 is 0 Å². The number of para-hydroxylation sites is 1. The fourth-order valence-electron chi connectivity index (χ4n) is 11.0. The summed E-state index contributed by atoms with van der Waals surface area (Å²) in [6.07, 6.45) is -7.46. The Balaban J connectivity index is 1.09. The summed E-state index contributed by atoms with van der Waals surface area (Å²) in [5, 5.41) is 7.58. The van der Waals surface area contributed by atoms with Gasteiger partial charge in [0.1, 0.15) is 29.8 Å². The van der Waals surface area contributed by atoms with Gasteiger partial charge < -0.3 is 53.0 Å². The van der Waals surface area contributed by atoms with Crippen LogP contribution in [0.2, 0.25) is 5.04 Å². The van der Waals surface area contributed by atoms with Crippen LogP contribution in [0.4, 0.5) is 11.4 Å². The van der Waals surface area contributed by atoms with E-state index >= 15 is 4.79 Å². The summed E-state index contributed by atoms with van der Waals surface area (Å²) in [5.41, 5.74) is 3.92. The molecule has 1 saturated heterocycles. The Bertz CT molecular complexity index is 3560. The molecule has 6 atom stereocenters. The van der Waals surface area contributed by atoms with Crippen molar-refractivity contribution in [3.05, 3.63) is 163 Å². The van der Waals surface area contributed by atoms with Crippen molar-refractivity contribution < 1.29 is 61.6 Å². The average Bonchev–Trinajstić information content (AvgIpc) is 4.15. The zero-order valence-electron chi connectivity index (χ0n) is 44.7. The lowest BCUT2D eigenvalue weighted by Crippen LogP contribution is -2.68. The van der Waals surface area contributed by atoms with Gasteiger partial charge in [-0.3, -0.25) is 28.8 Å². The minimum Gasteiger partial charge on any atom is -0.463 e. The largest absolute Gasteiger partial charge is 0.463 e. The number of H-pyrrole nitrogens is 2. The maximum atomic E-state index is 15.7. The van der Waals surface area contributed by atoms with Gasteiger partial charge in [-0.25, -0.2) is 0 Å². The first kappa shape index (κ1) is 53.8. The first-order chi connectivity index (χ1) is 37.9. The third kappa shape index (κ3) is 11.0.